The molecule has 4 fully saturated rings. The number of pyridine rings is 1. The lowest BCUT2D eigenvalue weighted by molar-refractivity contribution is 0.00740. The molecule has 0 aliphatic heterocycles. The summed E-state index contributed by atoms with van der Waals surface area (Å²) in [6.07, 6.45) is 7.15. The highest BCUT2D eigenvalue weighted by Gasteiger charge is 2.48. The molecular weight excluding hydrogens is 250 g/mol. The minimum atomic E-state index is 0.527. The van der Waals surface area contributed by atoms with Gasteiger partial charge in [-0.1, -0.05) is 0 Å². The second kappa shape index (κ2) is 4.54. The van der Waals surface area contributed by atoms with Crippen LogP contribution in [0.15, 0.2) is 12.1 Å². The Morgan fingerprint density at radius 2 is 1.75 bits per heavy atom. The first-order valence-corrected chi connectivity index (χ1v) is 7.80. The van der Waals surface area contributed by atoms with Crippen molar-refractivity contribution in [3.05, 3.63) is 12.1 Å². The van der Waals surface area contributed by atoms with Gasteiger partial charge in [0.2, 0.25) is 5.88 Å². The Hall–Kier alpha value is -1.45. The number of hydrogen-bond donors (Lipinski definition) is 2. The highest BCUT2D eigenvalue weighted by atomic mass is 16.5. The van der Waals surface area contributed by atoms with Crippen LogP contribution in [0.2, 0.25) is 0 Å². The Balaban J connectivity index is 1.54. The van der Waals surface area contributed by atoms with Crippen molar-refractivity contribution in [2.24, 2.45) is 23.7 Å². The van der Waals surface area contributed by atoms with Crippen LogP contribution in [0, 0.1) is 23.7 Å². The molecule has 0 amide bonds. The maximum absolute atomic E-state index is 5.83. The average molecular weight is 273 g/mol. The number of nitrogens with two attached hydrogens (primary N) is 1. The topological polar surface area (TPSA) is 60.2 Å². The number of hydrogen-bond acceptors (Lipinski definition) is 4. The van der Waals surface area contributed by atoms with E-state index < -0.39 is 0 Å². The number of methoxy groups -OCH3 is 1. The quantitative estimate of drug-likeness (QED) is 0.889. The van der Waals surface area contributed by atoms with Gasteiger partial charge in [0.1, 0.15) is 5.82 Å². The third-order valence-electron chi connectivity index (χ3n) is 5.62. The van der Waals surface area contributed by atoms with E-state index >= 15 is 0 Å². The zero-order valence-electron chi connectivity index (χ0n) is 12.0. The number of rotatable bonds is 3. The molecule has 0 aromatic carbocycles. The SMILES string of the molecule is COc1nc(NC2C3CC4CC(C3)CC2C4)ccc1N. The molecule has 0 radical (unpaired) electrons. The Kier molecular flexibility index (Phi) is 2.79. The molecule has 4 nitrogen and oxygen atoms in total. The van der Waals surface area contributed by atoms with Gasteiger partial charge in [0.15, 0.2) is 0 Å². The van der Waals surface area contributed by atoms with E-state index in [-0.39, 0.29) is 0 Å². The zero-order valence-corrected chi connectivity index (χ0v) is 12.0. The van der Waals surface area contributed by atoms with Gasteiger partial charge in [-0.2, -0.15) is 4.98 Å². The van der Waals surface area contributed by atoms with Crippen LogP contribution in [-0.4, -0.2) is 18.1 Å². The number of nitrogens with one attached hydrogen (secondary N) is 1. The molecule has 4 aliphatic carbocycles. The fourth-order valence-corrected chi connectivity index (χ4v) is 5.03. The second-order valence-corrected chi connectivity index (χ2v) is 6.90. The molecule has 1 aromatic heterocycles. The third kappa shape index (κ3) is 1.93. The van der Waals surface area contributed by atoms with Gasteiger partial charge in [-0.3, -0.25) is 0 Å². The Morgan fingerprint density at radius 3 is 2.35 bits per heavy atom. The summed E-state index contributed by atoms with van der Waals surface area (Å²) in [5.74, 6) is 5.13. The van der Waals surface area contributed by atoms with Gasteiger partial charge >= 0.3 is 0 Å². The van der Waals surface area contributed by atoms with Gasteiger partial charge < -0.3 is 15.8 Å². The molecule has 20 heavy (non-hydrogen) atoms. The van der Waals surface area contributed by atoms with Crippen LogP contribution in [0.3, 0.4) is 0 Å². The van der Waals surface area contributed by atoms with Crippen LogP contribution >= 0.6 is 0 Å². The summed E-state index contributed by atoms with van der Waals surface area (Å²) in [7, 11) is 1.62. The first-order valence-electron chi connectivity index (χ1n) is 7.80. The van der Waals surface area contributed by atoms with E-state index in [4.69, 9.17) is 10.5 Å². The summed E-state index contributed by atoms with van der Waals surface area (Å²) < 4.78 is 5.22. The summed E-state index contributed by atoms with van der Waals surface area (Å²) in [5.41, 5.74) is 6.43. The first kappa shape index (κ1) is 12.3. The maximum Gasteiger partial charge on any atom is 0.238 e. The van der Waals surface area contributed by atoms with E-state index in [1.807, 2.05) is 12.1 Å². The van der Waals surface area contributed by atoms with Crippen LogP contribution in [0.1, 0.15) is 32.1 Å². The normalized spacial score (nSPS) is 38.0. The van der Waals surface area contributed by atoms with Crippen molar-refractivity contribution in [3.63, 3.8) is 0 Å². The first-order chi connectivity index (χ1) is 9.72. The number of aromatic nitrogens is 1. The molecule has 0 saturated heterocycles. The summed E-state index contributed by atoms with van der Waals surface area (Å²) in [6, 6.07) is 4.45. The summed E-state index contributed by atoms with van der Waals surface area (Å²) in [4.78, 5) is 4.48. The molecule has 3 N–H and O–H groups in total. The molecule has 0 atom stereocenters. The molecule has 4 bridgehead atoms. The number of ether oxygens (including phenoxy) is 1. The smallest absolute Gasteiger partial charge is 0.238 e. The van der Waals surface area contributed by atoms with Gasteiger partial charge in [-0.15, -0.1) is 0 Å². The fraction of sp³-hybridized carbons (Fsp3) is 0.688. The molecule has 4 heteroatoms. The van der Waals surface area contributed by atoms with Crippen LogP contribution in [-0.2, 0) is 0 Å². The Bertz CT molecular complexity index is 488. The van der Waals surface area contributed by atoms with Crippen LogP contribution in [0.5, 0.6) is 5.88 Å². The van der Waals surface area contributed by atoms with E-state index in [9.17, 15) is 0 Å². The predicted molar refractivity (Wildman–Crippen MR) is 79.7 cm³/mol. The molecule has 0 spiro atoms. The van der Waals surface area contributed by atoms with Crippen molar-refractivity contribution < 1.29 is 4.74 Å². The van der Waals surface area contributed by atoms with E-state index in [2.05, 4.69) is 10.3 Å². The number of anilines is 2. The number of nitrogen functional groups attached to an aromatic ring is 1. The van der Waals surface area contributed by atoms with E-state index in [0.29, 0.717) is 17.6 Å². The van der Waals surface area contributed by atoms with Crippen molar-refractivity contribution in [2.75, 3.05) is 18.2 Å². The maximum atomic E-state index is 5.83. The van der Waals surface area contributed by atoms with Crippen molar-refractivity contribution in [1.82, 2.24) is 4.98 Å². The standard InChI is InChI=1S/C16H23N3O/c1-20-16-13(17)2-3-14(19-16)18-15-11-5-9-4-10(7-11)8-12(15)6-9/h2-3,9-12,15H,4-8,17H2,1H3,(H,18,19). The minimum Gasteiger partial charge on any atom is -0.479 e. The molecule has 1 aromatic rings. The van der Waals surface area contributed by atoms with Crippen molar-refractivity contribution in [3.8, 4) is 5.88 Å². The lowest BCUT2D eigenvalue weighted by Crippen LogP contribution is -2.51. The monoisotopic (exact) mass is 273 g/mol. The molecule has 5 rings (SSSR count). The fourth-order valence-electron chi connectivity index (χ4n) is 5.03. The molecule has 108 valence electrons. The minimum absolute atomic E-state index is 0.527. The predicted octanol–water partition coefficient (Wildman–Crippen LogP) is 2.91. The molecule has 4 aliphatic rings. The third-order valence-corrected chi connectivity index (χ3v) is 5.62. The van der Waals surface area contributed by atoms with Crippen LogP contribution in [0.25, 0.3) is 0 Å². The lowest BCUT2D eigenvalue weighted by Gasteiger charge is -2.54. The summed E-state index contributed by atoms with van der Waals surface area (Å²) >= 11 is 0. The highest BCUT2D eigenvalue weighted by Crippen LogP contribution is 2.54. The number of nitrogens with zero attached hydrogens (tertiary/aromatic N) is 1. The van der Waals surface area contributed by atoms with Gasteiger partial charge in [0.05, 0.1) is 12.8 Å². The zero-order chi connectivity index (χ0) is 13.7. The summed E-state index contributed by atoms with van der Waals surface area (Å²) in [6.45, 7) is 0. The van der Waals surface area contributed by atoms with Gasteiger partial charge in [0.25, 0.3) is 0 Å². The summed E-state index contributed by atoms with van der Waals surface area (Å²) in [5, 5.41) is 3.68. The average Bonchev–Trinajstić information content (AvgIpc) is 2.44. The Morgan fingerprint density at radius 1 is 1.10 bits per heavy atom. The molecular formula is C16H23N3O. The van der Waals surface area contributed by atoms with Gasteiger partial charge in [-0.05, 0) is 67.9 Å². The molecule has 1 heterocycles. The lowest BCUT2D eigenvalue weighted by atomic mass is 9.54. The van der Waals surface area contributed by atoms with Crippen LogP contribution < -0.4 is 15.8 Å². The highest BCUT2D eigenvalue weighted by molar-refractivity contribution is 5.54. The van der Waals surface area contributed by atoms with Gasteiger partial charge in [-0.25, -0.2) is 0 Å². The van der Waals surface area contributed by atoms with Crippen LogP contribution in [0.4, 0.5) is 11.5 Å². The molecule has 0 unspecified atom stereocenters. The van der Waals surface area contributed by atoms with E-state index in [0.717, 1.165) is 29.5 Å². The van der Waals surface area contributed by atoms with E-state index in [1.165, 1.54) is 32.1 Å². The van der Waals surface area contributed by atoms with Gasteiger partial charge in [0, 0.05) is 6.04 Å². The Labute approximate surface area is 120 Å². The van der Waals surface area contributed by atoms with Crippen molar-refractivity contribution >= 4 is 11.5 Å². The molecule has 4 saturated carbocycles. The second-order valence-electron chi connectivity index (χ2n) is 6.90. The van der Waals surface area contributed by atoms with Crippen molar-refractivity contribution in [2.45, 2.75) is 38.1 Å². The largest absolute Gasteiger partial charge is 0.479 e. The van der Waals surface area contributed by atoms with E-state index in [1.54, 1.807) is 7.11 Å². The van der Waals surface area contributed by atoms with Crippen molar-refractivity contribution in [1.29, 1.82) is 0 Å².